The molecule has 0 spiro atoms. The van der Waals surface area contributed by atoms with Gasteiger partial charge in [-0.05, 0) is 67.8 Å². The summed E-state index contributed by atoms with van der Waals surface area (Å²) in [5.41, 5.74) is 2.67. The zero-order chi connectivity index (χ0) is 34.3. The molecule has 5 rings (SSSR count). The molecule has 11 heteroatoms. The van der Waals surface area contributed by atoms with Crippen LogP contribution in [0.25, 0.3) is 0 Å². The number of aryl methyl sites for hydroxylation is 1. The zero-order valence-electron chi connectivity index (χ0n) is 27.3. The minimum Gasteiger partial charge on any atom is -0.486 e. The van der Waals surface area contributed by atoms with Crippen molar-refractivity contribution in [1.82, 2.24) is 10.2 Å². The van der Waals surface area contributed by atoms with Gasteiger partial charge in [-0.25, -0.2) is 12.8 Å². The monoisotopic (exact) mass is 673 g/mol. The van der Waals surface area contributed by atoms with Gasteiger partial charge in [-0.3, -0.25) is 13.9 Å². The normalized spacial score (nSPS) is 13.7. The van der Waals surface area contributed by atoms with E-state index in [4.69, 9.17) is 9.47 Å². The summed E-state index contributed by atoms with van der Waals surface area (Å²) in [5, 5.41) is 3.03. The fraction of sp³-hybridized carbons (Fsp3) is 0.297. The number of ether oxygens (including phenoxy) is 2. The number of rotatable bonds is 13. The van der Waals surface area contributed by atoms with Crippen LogP contribution in [0.3, 0.4) is 0 Å². The second-order valence-corrected chi connectivity index (χ2v) is 13.7. The van der Waals surface area contributed by atoms with Gasteiger partial charge < -0.3 is 19.7 Å². The van der Waals surface area contributed by atoms with Crippen LogP contribution >= 0.6 is 0 Å². The van der Waals surface area contributed by atoms with Gasteiger partial charge in [0.1, 0.15) is 31.6 Å². The molecule has 0 saturated heterocycles. The van der Waals surface area contributed by atoms with Crippen molar-refractivity contribution in [2.75, 3.05) is 24.1 Å². The molecule has 1 N–H and O–H groups in total. The molecule has 252 valence electrons. The third kappa shape index (κ3) is 8.32. The van der Waals surface area contributed by atoms with Crippen molar-refractivity contribution in [3.8, 4) is 11.5 Å². The maximum atomic E-state index is 14.6. The van der Waals surface area contributed by atoms with Gasteiger partial charge in [0.25, 0.3) is 10.0 Å². The molecule has 4 aromatic carbocycles. The van der Waals surface area contributed by atoms with Gasteiger partial charge in [-0.15, -0.1) is 0 Å². The van der Waals surface area contributed by atoms with Gasteiger partial charge in [0.15, 0.2) is 11.5 Å². The maximum Gasteiger partial charge on any atom is 0.264 e. The van der Waals surface area contributed by atoms with Crippen LogP contribution < -0.4 is 19.1 Å². The van der Waals surface area contributed by atoms with Crippen molar-refractivity contribution >= 4 is 27.5 Å². The van der Waals surface area contributed by atoms with E-state index in [-0.39, 0.29) is 47.9 Å². The Labute approximate surface area is 281 Å². The number of hydrogen-bond acceptors (Lipinski definition) is 6. The van der Waals surface area contributed by atoms with Crippen molar-refractivity contribution < 1.29 is 31.9 Å². The van der Waals surface area contributed by atoms with Crippen LogP contribution in [0.5, 0.6) is 11.5 Å². The number of carbonyl (C=O) groups excluding carboxylic acids is 2. The molecule has 0 aliphatic carbocycles. The van der Waals surface area contributed by atoms with E-state index in [9.17, 15) is 22.4 Å². The Hall–Kier alpha value is -4.90. The van der Waals surface area contributed by atoms with Gasteiger partial charge in [0.2, 0.25) is 11.8 Å². The molecule has 0 radical (unpaired) electrons. The van der Waals surface area contributed by atoms with E-state index in [0.29, 0.717) is 18.8 Å². The lowest BCUT2D eigenvalue weighted by molar-refractivity contribution is -0.140. The zero-order valence-corrected chi connectivity index (χ0v) is 28.1. The number of hydrogen-bond donors (Lipinski definition) is 1. The number of amides is 2. The number of nitrogens with zero attached hydrogens (tertiary/aromatic N) is 2. The Kier molecular flexibility index (Phi) is 11.0. The minimum atomic E-state index is -4.41. The average molecular weight is 674 g/mol. The summed E-state index contributed by atoms with van der Waals surface area (Å²) in [4.78, 5) is 29.9. The van der Waals surface area contributed by atoms with Gasteiger partial charge in [0.05, 0.1) is 10.6 Å². The predicted molar refractivity (Wildman–Crippen MR) is 182 cm³/mol. The van der Waals surface area contributed by atoms with Gasteiger partial charge in [-0.1, -0.05) is 67.1 Å². The summed E-state index contributed by atoms with van der Waals surface area (Å²) >= 11 is 0. The highest BCUT2D eigenvalue weighted by atomic mass is 32.2. The highest BCUT2D eigenvalue weighted by Crippen LogP contribution is 2.34. The second kappa shape index (κ2) is 15.3. The van der Waals surface area contributed by atoms with Gasteiger partial charge in [0, 0.05) is 25.1 Å². The Morgan fingerprint density at radius 3 is 2.25 bits per heavy atom. The molecule has 4 aromatic rings. The van der Waals surface area contributed by atoms with E-state index in [2.05, 4.69) is 5.32 Å². The lowest BCUT2D eigenvalue weighted by Crippen LogP contribution is -2.54. The van der Waals surface area contributed by atoms with Crippen LogP contribution in [0.4, 0.5) is 10.1 Å². The largest absolute Gasteiger partial charge is 0.486 e. The fourth-order valence-corrected chi connectivity index (χ4v) is 6.88. The first-order chi connectivity index (χ1) is 23.0. The van der Waals surface area contributed by atoms with E-state index in [1.807, 2.05) is 75.4 Å². The fourth-order valence-electron chi connectivity index (χ4n) is 5.45. The highest BCUT2D eigenvalue weighted by molar-refractivity contribution is 7.92. The molecule has 1 aliphatic heterocycles. The molecule has 2 atom stereocenters. The molecule has 0 bridgehead atoms. The first-order valence-electron chi connectivity index (χ1n) is 15.9. The second-order valence-electron chi connectivity index (χ2n) is 11.8. The summed E-state index contributed by atoms with van der Waals surface area (Å²) in [6, 6.07) is 25.0. The summed E-state index contributed by atoms with van der Waals surface area (Å²) < 4.78 is 54.8. The van der Waals surface area contributed by atoms with Gasteiger partial charge in [-0.2, -0.15) is 0 Å². The molecule has 0 fully saturated rings. The molecular formula is C37H40FN3O6S. The lowest BCUT2D eigenvalue weighted by atomic mass is 10.0. The molecule has 0 unspecified atom stereocenters. The SMILES string of the molecule is CC[C@H](C)NC(=O)[C@H](Cc1ccccc1)N(Cc1cccc(C)c1)C(=O)CN(c1ccc(F)cc1)S(=O)(=O)c1ccc2c(c1)OCCO2. The van der Waals surface area contributed by atoms with Crippen molar-refractivity contribution in [2.24, 2.45) is 0 Å². The first kappa shape index (κ1) is 34.4. The van der Waals surface area contributed by atoms with Crippen molar-refractivity contribution in [3.05, 3.63) is 120 Å². The highest BCUT2D eigenvalue weighted by Gasteiger charge is 2.35. The maximum absolute atomic E-state index is 14.6. The smallest absolute Gasteiger partial charge is 0.264 e. The third-order valence-electron chi connectivity index (χ3n) is 8.20. The van der Waals surface area contributed by atoms with E-state index in [0.717, 1.165) is 33.1 Å². The molecule has 9 nitrogen and oxygen atoms in total. The summed E-state index contributed by atoms with van der Waals surface area (Å²) in [7, 11) is -4.41. The van der Waals surface area contributed by atoms with E-state index < -0.39 is 34.3 Å². The minimum absolute atomic E-state index is 0.0489. The Balaban J connectivity index is 1.58. The van der Waals surface area contributed by atoms with Crippen molar-refractivity contribution in [2.45, 2.75) is 57.1 Å². The molecule has 0 saturated carbocycles. The summed E-state index contributed by atoms with van der Waals surface area (Å²) in [5.74, 6) is -0.852. The van der Waals surface area contributed by atoms with Crippen LogP contribution in [0.1, 0.15) is 37.0 Å². The number of anilines is 1. The Morgan fingerprint density at radius 1 is 0.875 bits per heavy atom. The third-order valence-corrected chi connectivity index (χ3v) is 9.97. The molecule has 2 amide bonds. The van der Waals surface area contributed by atoms with E-state index >= 15 is 0 Å². The molecule has 1 heterocycles. The van der Waals surface area contributed by atoms with E-state index in [1.165, 1.54) is 35.2 Å². The quantitative estimate of drug-likeness (QED) is 0.197. The average Bonchev–Trinajstić information content (AvgIpc) is 3.09. The Bertz CT molecular complexity index is 1840. The van der Waals surface area contributed by atoms with Gasteiger partial charge >= 0.3 is 0 Å². The standard InChI is InChI=1S/C37H40FN3O6S/c1-4-27(3)39-37(43)33(22-28-10-6-5-7-11-28)40(24-29-12-8-9-26(2)21-29)36(42)25-41(31-15-13-30(38)14-16-31)48(44,45)32-17-18-34-35(23-32)47-20-19-46-34/h5-18,21,23,27,33H,4,19-20,22,24-25H2,1-3H3,(H,39,43)/t27-,33-/m0/s1. The molecular weight excluding hydrogens is 633 g/mol. The topological polar surface area (TPSA) is 105 Å². The number of sulfonamides is 1. The number of halogens is 1. The number of nitrogens with one attached hydrogen (secondary N) is 1. The molecule has 0 aromatic heterocycles. The summed E-state index contributed by atoms with van der Waals surface area (Å²) in [6.45, 7) is 5.76. The molecule has 1 aliphatic rings. The van der Waals surface area contributed by atoms with Crippen LogP contribution in [-0.2, 0) is 32.6 Å². The van der Waals surface area contributed by atoms with Crippen LogP contribution in [0.15, 0.2) is 102 Å². The molecule has 48 heavy (non-hydrogen) atoms. The number of benzene rings is 4. The first-order valence-corrected chi connectivity index (χ1v) is 17.4. The Morgan fingerprint density at radius 2 is 1.56 bits per heavy atom. The van der Waals surface area contributed by atoms with Crippen molar-refractivity contribution in [3.63, 3.8) is 0 Å². The summed E-state index contributed by atoms with van der Waals surface area (Å²) in [6.07, 6.45) is 0.883. The van der Waals surface area contributed by atoms with Crippen LogP contribution in [0, 0.1) is 12.7 Å². The number of fused-ring (bicyclic) bond motifs is 1. The van der Waals surface area contributed by atoms with E-state index in [1.54, 1.807) is 0 Å². The van der Waals surface area contributed by atoms with Crippen LogP contribution in [0.2, 0.25) is 0 Å². The lowest BCUT2D eigenvalue weighted by Gasteiger charge is -2.34. The predicted octanol–water partition coefficient (Wildman–Crippen LogP) is 5.66. The van der Waals surface area contributed by atoms with Crippen LogP contribution in [-0.4, -0.2) is 57.0 Å². The number of carbonyl (C=O) groups is 2. The van der Waals surface area contributed by atoms with Crippen molar-refractivity contribution in [1.29, 1.82) is 0 Å².